The number of rotatable bonds is 4. The van der Waals surface area contributed by atoms with Crippen LogP contribution in [0.1, 0.15) is 29.1 Å². The fraction of sp³-hybridized carbons (Fsp3) is 0.0189. The Morgan fingerprint density at radius 1 is 0.474 bits per heavy atom. The summed E-state index contributed by atoms with van der Waals surface area (Å²) in [4.78, 5) is 7.13. The van der Waals surface area contributed by atoms with Gasteiger partial charge in [-0.15, -0.1) is 0 Å². The number of anilines is 3. The van der Waals surface area contributed by atoms with Crippen molar-refractivity contribution < 1.29 is 11.3 Å². The van der Waals surface area contributed by atoms with Gasteiger partial charge in [-0.1, -0.05) is 157 Å². The number of benzene rings is 9. The molecule has 0 saturated carbocycles. The van der Waals surface area contributed by atoms with E-state index in [0.717, 1.165) is 49.8 Å². The molecule has 0 saturated heterocycles. The molecule has 1 spiro atoms. The van der Waals surface area contributed by atoms with Crippen molar-refractivity contribution in [2.45, 2.75) is 25.0 Å². The highest BCUT2D eigenvalue weighted by Gasteiger charge is 2.48. The van der Waals surface area contributed by atoms with E-state index in [9.17, 15) is 0 Å². The zero-order valence-electron chi connectivity index (χ0n) is 35.3. The molecule has 57 heavy (non-hydrogen) atoms. The Balaban J connectivity index is 1.14. The molecule has 12 rings (SSSR count). The van der Waals surface area contributed by atoms with Crippen LogP contribution in [-0.2, 0) is 5.41 Å². The Morgan fingerprint density at radius 3 is 1.79 bits per heavy atom. The molecule has 0 radical (unpaired) electrons. The topological polar surface area (TPSA) is 16.4 Å². The van der Waals surface area contributed by atoms with Crippen molar-refractivity contribution in [3.05, 3.63) is 222 Å². The van der Waals surface area contributed by atoms with Crippen molar-refractivity contribution in [1.29, 1.82) is 0 Å². The first kappa shape index (κ1) is 28.0. The standard InChI is InChI=1S/C53H33NOS2/c1-2-13-34(14-3-1)35-25-28-37(29-26-35)54(45-20-12-21-46-51(45)40-31-27-36-15-4-5-16-39(36)52(40)55-46)38-30-32-50-44(33-38)53(43-19-8-11-24-49(43)57-50)41-17-6-9-22-47(41)56-48-23-10-7-18-42(48)53/h1-33H/i1D,2D,3D,13D,14D. The zero-order valence-corrected chi connectivity index (χ0v) is 32.0. The van der Waals surface area contributed by atoms with E-state index < -0.39 is 11.5 Å². The number of fused-ring (bicyclic) bond motifs is 13. The number of hydrogen-bond acceptors (Lipinski definition) is 4. The Bertz CT molecular complexity index is 3380. The third kappa shape index (κ3) is 4.88. The summed E-state index contributed by atoms with van der Waals surface area (Å²) in [5, 5.41) is 4.12. The van der Waals surface area contributed by atoms with Crippen LogP contribution in [-0.4, -0.2) is 0 Å². The summed E-state index contributed by atoms with van der Waals surface area (Å²) >= 11 is 3.63. The molecular formula is C53H33NOS2. The van der Waals surface area contributed by atoms with Crippen LogP contribution in [0.4, 0.5) is 17.1 Å². The molecule has 0 N–H and O–H groups in total. The number of nitrogens with zero attached hydrogens (tertiary/aromatic N) is 1. The third-order valence-corrected chi connectivity index (χ3v) is 13.8. The molecule has 0 atom stereocenters. The van der Waals surface area contributed by atoms with Crippen molar-refractivity contribution in [1.82, 2.24) is 0 Å². The Kier molecular flexibility index (Phi) is 6.28. The molecule has 3 heterocycles. The van der Waals surface area contributed by atoms with Gasteiger partial charge in [0.25, 0.3) is 0 Å². The number of hydrogen-bond donors (Lipinski definition) is 0. The molecule has 0 bridgehead atoms. The first-order chi connectivity index (χ1) is 30.3. The van der Waals surface area contributed by atoms with Crippen LogP contribution in [0.3, 0.4) is 0 Å². The second kappa shape index (κ2) is 12.8. The molecule has 2 nitrogen and oxygen atoms in total. The normalized spacial score (nSPS) is 14.8. The molecule has 2 aliphatic heterocycles. The minimum Gasteiger partial charge on any atom is -0.455 e. The quantitative estimate of drug-likeness (QED) is 0.177. The lowest BCUT2D eigenvalue weighted by molar-refractivity contribution is 0.667. The van der Waals surface area contributed by atoms with Crippen molar-refractivity contribution in [2.24, 2.45) is 0 Å². The lowest BCUT2D eigenvalue weighted by atomic mass is 9.64. The van der Waals surface area contributed by atoms with E-state index in [1.54, 1.807) is 11.8 Å². The minimum absolute atomic E-state index is 0.169. The van der Waals surface area contributed by atoms with Crippen molar-refractivity contribution in [3.63, 3.8) is 0 Å². The van der Waals surface area contributed by atoms with Crippen LogP contribution in [0.25, 0.3) is 43.8 Å². The van der Waals surface area contributed by atoms with Gasteiger partial charge in [0, 0.05) is 41.7 Å². The van der Waals surface area contributed by atoms with Crippen molar-refractivity contribution >= 4 is 73.3 Å². The molecule has 2 aliphatic rings. The Labute approximate surface area is 346 Å². The van der Waals surface area contributed by atoms with Crippen LogP contribution in [0.15, 0.2) is 224 Å². The lowest BCUT2D eigenvalue weighted by Gasteiger charge is -2.46. The van der Waals surface area contributed by atoms with Gasteiger partial charge in [0.1, 0.15) is 11.2 Å². The summed E-state index contributed by atoms with van der Waals surface area (Å²) < 4.78 is 49.1. The first-order valence-corrected chi connectivity index (χ1v) is 20.6. The predicted molar refractivity (Wildman–Crippen MR) is 238 cm³/mol. The maximum Gasteiger partial charge on any atom is 0.143 e. The van der Waals surface area contributed by atoms with E-state index in [1.165, 1.54) is 41.8 Å². The summed E-state index contributed by atoms with van der Waals surface area (Å²) in [6, 6.07) is 58.1. The highest BCUT2D eigenvalue weighted by atomic mass is 32.2. The van der Waals surface area contributed by atoms with E-state index in [1.807, 2.05) is 60.3 Å². The smallest absolute Gasteiger partial charge is 0.143 e. The molecule has 1 aromatic heterocycles. The van der Waals surface area contributed by atoms with Crippen molar-refractivity contribution in [3.8, 4) is 11.1 Å². The van der Waals surface area contributed by atoms with Crippen LogP contribution in [0, 0.1) is 0 Å². The molecule has 0 aliphatic carbocycles. The summed E-state index contributed by atoms with van der Waals surface area (Å²) in [7, 11) is 0. The molecule has 4 heteroatoms. The van der Waals surface area contributed by atoms with Crippen LogP contribution in [0.2, 0.25) is 0 Å². The zero-order chi connectivity index (χ0) is 41.9. The maximum atomic E-state index is 8.73. The average Bonchev–Trinajstić information content (AvgIpc) is 3.71. The largest absolute Gasteiger partial charge is 0.455 e. The van der Waals surface area contributed by atoms with Gasteiger partial charge in [-0.05, 0) is 105 Å². The fourth-order valence-corrected chi connectivity index (χ4v) is 11.4. The van der Waals surface area contributed by atoms with E-state index in [2.05, 4.69) is 126 Å². The second-order valence-electron chi connectivity index (χ2n) is 14.4. The monoisotopic (exact) mass is 768 g/mol. The molecule has 10 aromatic rings. The number of furan rings is 1. The average molecular weight is 769 g/mol. The summed E-state index contributed by atoms with van der Waals surface area (Å²) in [6.07, 6.45) is 0. The van der Waals surface area contributed by atoms with E-state index in [4.69, 9.17) is 11.3 Å². The van der Waals surface area contributed by atoms with Gasteiger partial charge in [-0.3, -0.25) is 0 Å². The summed E-state index contributed by atoms with van der Waals surface area (Å²) in [5.41, 5.74) is 9.31. The molecule has 0 unspecified atom stereocenters. The maximum absolute atomic E-state index is 8.73. The van der Waals surface area contributed by atoms with Gasteiger partial charge in [-0.25, -0.2) is 0 Å². The highest BCUT2D eigenvalue weighted by Crippen LogP contribution is 2.62. The Morgan fingerprint density at radius 2 is 1.09 bits per heavy atom. The lowest BCUT2D eigenvalue weighted by Crippen LogP contribution is -2.36. The second-order valence-corrected chi connectivity index (χ2v) is 16.6. The third-order valence-electron chi connectivity index (χ3n) is 11.5. The predicted octanol–water partition coefficient (Wildman–Crippen LogP) is 15.2. The Hall–Kier alpha value is -6.46. The van der Waals surface area contributed by atoms with Crippen LogP contribution < -0.4 is 4.90 Å². The van der Waals surface area contributed by atoms with Crippen molar-refractivity contribution in [2.75, 3.05) is 4.90 Å². The van der Waals surface area contributed by atoms with Gasteiger partial charge in [0.15, 0.2) is 0 Å². The van der Waals surface area contributed by atoms with Crippen LogP contribution >= 0.6 is 23.5 Å². The van der Waals surface area contributed by atoms with Gasteiger partial charge < -0.3 is 9.32 Å². The van der Waals surface area contributed by atoms with E-state index in [-0.39, 0.29) is 29.7 Å². The molecule has 268 valence electrons. The fourth-order valence-electron chi connectivity index (χ4n) is 9.06. The SMILES string of the molecule is [2H]c1c([2H])c([2H])c(-c2ccc(N(c3ccc4c(c3)C3(c5ccccc5Sc5ccccc53)c3ccccc3S4)c3cccc4oc5c6ccccc6ccc5c34)cc2)c([2H])c1[2H]. The molecule has 9 aromatic carbocycles. The minimum atomic E-state index is -0.616. The van der Waals surface area contributed by atoms with Gasteiger partial charge in [0.05, 0.1) is 23.3 Å². The first-order valence-electron chi connectivity index (χ1n) is 21.4. The van der Waals surface area contributed by atoms with Gasteiger partial charge in [-0.2, -0.15) is 0 Å². The van der Waals surface area contributed by atoms with Gasteiger partial charge >= 0.3 is 0 Å². The summed E-state index contributed by atoms with van der Waals surface area (Å²) in [6.45, 7) is 0. The van der Waals surface area contributed by atoms with Crippen LogP contribution in [0.5, 0.6) is 0 Å². The summed E-state index contributed by atoms with van der Waals surface area (Å²) in [5.74, 6) is 0. The molecule has 0 fully saturated rings. The van der Waals surface area contributed by atoms with Gasteiger partial charge in [0.2, 0.25) is 0 Å². The molecular weight excluding hydrogens is 731 g/mol. The molecule has 0 amide bonds. The highest BCUT2D eigenvalue weighted by molar-refractivity contribution is 8.00. The van der Waals surface area contributed by atoms with E-state index in [0.29, 0.717) is 5.56 Å². The van der Waals surface area contributed by atoms with E-state index >= 15 is 0 Å².